The Morgan fingerprint density at radius 2 is 2.25 bits per heavy atom. The van der Waals surface area contributed by atoms with E-state index < -0.39 is 0 Å². The normalized spacial score (nSPS) is 24.8. The van der Waals surface area contributed by atoms with Crippen molar-refractivity contribution < 1.29 is 4.74 Å². The van der Waals surface area contributed by atoms with Crippen molar-refractivity contribution in [1.82, 2.24) is 8.75 Å². The molecule has 1 saturated heterocycles. The smallest absolute Gasteiger partial charge is 0.129 e. The van der Waals surface area contributed by atoms with Gasteiger partial charge in [0.25, 0.3) is 0 Å². The molecule has 2 aliphatic rings. The predicted molar refractivity (Wildman–Crippen MR) is 81.6 cm³/mol. The van der Waals surface area contributed by atoms with Gasteiger partial charge in [-0.1, -0.05) is 11.6 Å². The minimum atomic E-state index is 0.136. The summed E-state index contributed by atoms with van der Waals surface area (Å²) in [5, 5.41) is 4.32. The van der Waals surface area contributed by atoms with Crippen molar-refractivity contribution in [2.24, 2.45) is 0 Å². The first kappa shape index (κ1) is 12.8. The number of aromatic nitrogens is 2. The quantitative estimate of drug-likeness (QED) is 0.915. The average molecular weight is 310 g/mol. The largest absolute Gasteiger partial charge is 0.379 e. The summed E-state index contributed by atoms with van der Waals surface area (Å²) in [7, 11) is 0. The van der Waals surface area contributed by atoms with Crippen LogP contribution < -0.4 is 5.32 Å². The fourth-order valence-electron chi connectivity index (χ4n) is 3.24. The fraction of sp³-hybridized carbons (Fsp3) is 0.571. The first-order valence-electron chi connectivity index (χ1n) is 7.07. The maximum absolute atomic E-state index is 6.34. The van der Waals surface area contributed by atoms with E-state index in [1.165, 1.54) is 31.0 Å². The van der Waals surface area contributed by atoms with Crippen LogP contribution in [0.2, 0.25) is 5.02 Å². The number of nitrogens with one attached hydrogen (secondary N) is 1. The van der Waals surface area contributed by atoms with E-state index >= 15 is 0 Å². The third kappa shape index (κ3) is 2.08. The molecule has 2 aromatic rings. The monoisotopic (exact) mass is 309 g/mol. The first-order valence-corrected chi connectivity index (χ1v) is 8.18. The Balaban J connectivity index is 1.60. The Morgan fingerprint density at radius 1 is 1.35 bits per heavy atom. The van der Waals surface area contributed by atoms with E-state index in [-0.39, 0.29) is 5.60 Å². The molecule has 20 heavy (non-hydrogen) atoms. The second-order valence-corrected chi connectivity index (χ2v) is 6.71. The summed E-state index contributed by atoms with van der Waals surface area (Å²) in [6.07, 6.45) is 5.77. The highest BCUT2D eigenvalue weighted by Crippen LogP contribution is 2.43. The van der Waals surface area contributed by atoms with Gasteiger partial charge in [-0.2, -0.15) is 8.75 Å². The molecule has 106 valence electrons. The number of halogens is 1. The molecule has 1 unspecified atom stereocenters. The van der Waals surface area contributed by atoms with Gasteiger partial charge >= 0.3 is 0 Å². The van der Waals surface area contributed by atoms with Crippen molar-refractivity contribution in [2.75, 3.05) is 11.9 Å². The Hall–Kier alpha value is -0.910. The van der Waals surface area contributed by atoms with Gasteiger partial charge in [0.05, 0.1) is 28.0 Å². The second-order valence-electron chi connectivity index (χ2n) is 5.77. The van der Waals surface area contributed by atoms with Crippen molar-refractivity contribution >= 4 is 40.0 Å². The highest BCUT2D eigenvalue weighted by molar-refractivity contribution is 7.00. The molecular weight excluding hydrogens is 294 g/mol. The van der Waals surface area contributed by atoms with Gasteiger partial charge in [-0.3, -0.25) is 0 Å². The zero-order valence-corrected chi connectivity index (χ0v) is 12.6. The van der Waals surface area contributed by atoms with Gasteiger partial charge in [-0.05, 0) is 44.2 Å². The Bertz CT molecular complexity index is 640. The van der Waals surface area contributed by atoms with Crippen LogP contribution in [0.15, 0.2) is 12.1 Å². The fourth-order valence-corrected chi connectivity index (χ4v) is 3.99. The zero-order chi connectivity index (χ0) is 13.6. The van der Waals surface area contributed by atoms with Crippen LogP contribution in [-0.2, 0) is 4.74 Å². The summed E-state index contributed by atoms with van der Waals surface area (Å²) >= 11 is 7.57. The van der Waals surface area contributed by atoms with Crippen LogP contribution in [0, 0.1) is 0 Å². The van der Waals surface area contributed by atoms with Crippen LogP contribution in [0.3, 0.4) is 0 Å². The number of hydrogen-bond acceptors (Lipinski definition) is 5. The second kappa shape index (κ2) is 4.83. The molecule has 1 spiro atoms. The predicted octanol–water partition coefficient (Wildman–Crippen LogP) is 3.86. The standard InChI is InChI=1S/C14H16ClN3OS/c15-10-2-3-11-13(18-20-17-11)12(10)16-9-4-7-19-14(8-9)5-1-6-14/h2-3,9,16H,1,4-8H2. The van der Waals surface area contributed by atoms with Gasteiger partial charge in [0.1, 0.15) is 11.0 Å². The number of ether oxygens (including phenoxy) is 1. The summed E-state index contributed by atoms with van der Waals surface area (Å²) < 4.78 is 14.6. The molecule has 0 amide bonds. The molecule has 1 atom stereocenters. The lowest BCUT2D eigenvalue weighted by Gasteiger charge is -2.47. The van der Waals surface area contributed by atoms with Gasteiger partial charge in [-0.15, -0.1) is 0 Å². The van der Waals surface area contributed by atoms with E-state index in [1.54, 1.807) is 0 Å². The zero-order valence-electron chi connectivity index (χ0n) is 11.1. The van der Waals surface area contributed by atoms with Crippen molar-refractivity contribution in [3.8, 4) is 0 Å². The molecule has 1 N–H and O–H groups in total. The Labute approximate surface area is 126 Å². The molecule has 2 fully saturated rings. The Kier molecular flexibility index (Phi) is 3.09. The van der Waals surface area contributed by atoms with Crippen molar-refractivity contribution in [2.45, 2.75) is 43.7 Å². The highest BCUT2D eigenvalue weighted by Gasteiger charge is 2.42. The minimum Gasteiger partial charge on any atom is -0.379 e. The highest BCUT2D eigenvalue weighted by atomic mass is 35.5. The lowest BCUT2D eigenvalue weighted by atomic mass is 9.74. The van der Waals surface area contributed by atoms with E-state index in [0.29, 0.717) is 6.04 Å². The molecule has 0 radical (unpaired) electrons. The van der Waals surface area contributed by atoms with Crippen LogP contribution in [0.25, 0.3) is 11.0 Å². The minimum absolute atomic E-state index is 0.136. The molecule has 1 aromatic heterocycles. The van der Waals surface area contributed by atoms with Gasteiger partial charge in [0, 0.05) is 12.6 Å². The molecule has 1 saturated carbocycles. The van der Waals surface area contributed by atoms with Gasteiger partial charge < -0.3 is 10.1 Å². The van der Waals surface area contributed by atoms with E-state index in [2.05, 4.69) is 14.1 Å². The first-order chi connectivity index (χ1) is 9.76. The van der Waals surface area contributed by atoms with Crippen molar-refractivity contribution in [3.63, 3.8) is 0 Å². The van der Waals surface area contributed by atoms with Gasteiger partial charge in [0.15, 0.2) is 0 Å². The van der Waals surface area contributed by atoms with Gasteiger partial charge in [-0.25, -0.2) is 0 Å². The van der Waals surface area contributed by atoms with E-state index in [4.69, 9.17) is 16.3 Å². The number of rotatable bonds is 2. The summed E-state index contributed by atoms with van der Waals surface area (Å²) in [4.78, 5) is 0. The molecule has 0 bridgehead atoms. The Morgan fingerprint density at radius 3 is 3.05 bits per heavy atom. The summed E-state index contributed by atoms with van der Waals surface area (Å²) in [6, 6.07) is 4.23. The van der Waals surface area contributed by atoms with E-state index in [0.717, 1.165) is 41.2 Å². The molecule has 1 aromatic carbocycles. The summed E-state index contributed by atoms with van der Waals surface area (Å²) in [5.41, 5.74) is 2.86. The lowest BCUT2D eigenvalue weighted by Crippen LogP contribution is -2.49. The number of benzene rings is 1. The molecular formula is C14H16ClN3OS. The third-order valence-electron chi connectivity index (χ3n) is 4.48. The molecule has 1 aliphatic carbocycles. The number of nitrogens with zero attached hydrogens (tertiary/aromatic N) is 2. The van der Waals surface area contributed by atoms with Crippen LogP contribution in [-0.4, -0.2) is 27.0 Å². The number of fused-ring (bicyclic) bond motifs is 1. The van der Waals surface area contributed by atoms with Crippen LogP contribution in [0.5, 0.6) is 0 Å². The maximum Gasteiger partial charge on any atom is 0.129 e. The van der Waals surface area contributed by atoms with Crippen molar-refractivity contribution in [3.05, 3.63) is 17.2 Å². The molecule has 4 rings (SSSR count). The van der Waals surface area contributed by atoms with Crippen LogP contribution >= 0.6 is 23.3 Å². The van der Waals surface area contributed by atoms with Crippen molar-refractivity contribution in [1.29, 1.82) is 0 Å². The maximum atomic E-state index is 6.34. The number of anilines is 1. The lowest BCUT2D eigenvalue weighted by molar-refractivity contribution is -0.130. The molecule has 4 nitrogen and oxygen atoms in total. The summed E-state index contributed by atoms with van der Waals surface area (Å²) in [6.45, 7) is 0.834. The topological polar surface area (TPSA) is 47.0 Å². The molecule has 1 aliphatic heterocycles. The summed E-state index contributed by atoms with van der Waals surface area (Å²) in [5.74, 6) is 0. The number of hydrogen-bond donors (Lipinski definition) is 1. The molecule has 2 heterocycles. The molecule has 6 heteroatoms. The van der Waals surface area contributed by atoms with Crippen LogP contribution in [0.1, 0.15) is 32.1 Å². The van der Waals surface area contributed by atoms with Gasteiger partial charge in [0.2, 0.25) is 0 Å². The van der Waals surface area contributed by atoms with E-state index in [9.17, 15) is 0 Å². The van der Waals surface area contributed by atoms with E-state index in [1.807, 2.05) is 12.1 Å². The average Bonchev–Trinajstić information content (AvgIpc) is 2.89. The SMILES string of the molecule is Clc1ccc2nsnc2c1NC1CCOC2(CCC2)C1. The van der Waals surface area contributed by atoms with Crippen LogP contribution in [0.4, 0.5) is 5.69 Å². The third-order valence-corrected chi connectivity index (χ3v) is 5.34.